The molecule has 0 radical (unpaired) electrons. The topological polar surface area (TPSA) is 38.0 Å². The number of anilines is 1. The summed E-state index contributed by atoms with van der Waals surface area (Å²) in [6, 6.07) is 1.32. The molecule has 1 aromatic rings. The molecule has 2 rings (SSSR count). The van der Waals surface area contributed by atoms with Gasteiger partial charge in [0.2, 0.25) is 0 Å². The zero-order valence-corrected chi connectivity index (χ0v) is 9.35. The fourth-order valence-electron chi connectivity index (χ4n) is 2.37. The van der Waals surface area contributed by atoms with Gasteiger partial charge in [-0.1, -0.05) is 6.42 Å². The van der Waals surface area contributed by atoms with Crippen molar-refractivity contribution in [2.24, 2.45) is 11.7 Å². The molecule has 0 spiro atoms. The molecule has 17 heavy (non-hydrogen) atoms. The second kappa shape index (κ2) is 4.96. The van der Waals surface area contributed by atoms with Crippen LogP contribution in [-0.4, -0.2) is 12.6 Å². The van der Waals surface area contributed by atoms with E-state index in [1.54, 1.807) is 0 Å². The van der Waals surface area contributed by atoms with Crippen molar-refractivity contribution >= 4 is 5.69 Å². The van der Waals surface area contributed by atoms with Crippen LogP contribution in [0.15, 0.2) is 12.1 Å². The van der Waals surface area contributed by atoms with Gasteiger partial charge >= 0.3 is 0 Å². The van der Waals surface area contributed by atoms with E-state index in [9.17, 15) is 13.2 Å². The minimum atomic E-state index is -0.910. The first-order chi connectivity index (χ1) is 8.11. The third kappa shape index (κ3) is 2.54. The van der Waals surface area contributed by atoms with Gasteiger partial charge in [0.05, 0.1) is 0 Å². The number of nitrogens with two attached hydrogens (primary N) is 1. The molecule has 0 aliphatic heterocycles. The lowest BCUT2D eigenvalue weighted by Gasteiger charge is -2.21. The molecule has 0 heterocycles. The Morgan fingerprint density at radius 2 is 1.82 bits per heavy atom. The molecule has 3 N–H and O–H groups in total. The summed E-state index contributed by atoms with van der Waals surface area (Å²) >= 11 is 0. The van der Waals surface area contributed by atoms with Gasteiger partial charge < -0.3 is 11.1 Å². The highest BCUT2D eigenvalue weighted by atomic mass is 19.1. The first-order valence-electron chi connectivity index (χ1n) is 5.73. The second-order valence-electron chi connectivity index (χ2n) is 4.42. The van der Waals surface area contributed by atoms with Crippen molar-refractivity contribution in [2.45, 2.75) is 25.3 Å². The van der Waals surface area contributed by atoms with Crippen LogP contribution in [0.5, 0.6) is 0 Å². The van der Waals surface area contributed by atoms with Gasteiger partial charge in [0.25, 0.3) is 0 Å². The summed E-state index contributed by atoms with van der Waals surface area (Å²) in [7, 11) is 0. The summed E-state index contributed by atoms with van der Waals surface area (Å²) in [6.07, 6.45) is 2.78. The zero-order chi connectivity index (χ0) is 12.4. The van der Waals surface area contributed by atoms with E-state index in [2.05, 4.69) is 5.32 Å². The summed E-state index contributed by atoms with van der Waals surface area (Å²) in [4.78, 5) is 0. The Labute approximate surface area is 98.0 Å². The molecule has 0 aromatic heterocycles. The van der Waals surface area contributed by atoms with Crippen molar-refractivity contribution in [3.8, 4) is 0 Å². The Kier molecular flexibility index (Phi) is 3.57. The van der Waals surface area contributed by atoms with E-state index in [0.717, 1.165) is 19.3 Å². The van der Waals surface area contributed by atoms with E-state index >= 15 is 0 Å². The van der Waals surface area contributed by atoms with Crippen molar-refractivity contribution in [3.63, 3.8) is 0 Å². The van der Waals surface area contributed by atoms with Crippen molar-refractivity contribution in [1.29, 1.82) is 0 Å². The first-order valence-corrected chi connectivity index (χ1v) is 5.73. The highest BCUT2D eigenvalue weighted by molar-refractivity contribution is 5.47. The van der Waals surface area contributed by atoms with Gasteiger partial charge in [-0.25, -0.2) is 13.2 Å². The van der Waals surface area contributed by atoms with Crippen LogP contribution in [0.3, 0.4) is 0 Å². The van der Waals surface area contributed by atoms with Gasteiger partial charge in [0.15, 0.2) is 11.6 Å². The molecule has 0 amide bonds. The van der Waals surface area contributed by atoms with Gasteiger partial charge in [0.1, 0.15) is 11.5 Å². The van der Waals surface area contributed by atoms with Crippen LogP contribution >= 0.6 is 0 Å². The van der Waals surface area contributed by atoms with E-state index in [4.69, 9.17) is 5.73 Å². The largest absolute Gasteiger partial charge is 0.377 e. The minimum Gasteiger partial charge on any atom is -0.377 e. The van der Waals surface area contributed by atoms with Crippen molar-refractivity contribution in [2.75, 3.05) is 11.9 Å². The molecule has 2 unspecified atom stereocenters. The van der Waals surface area contributed by atoms with E-state index in [1.807, 2.05) is 0 Å². The van der Waals surface area contributed by atoms with Gasteiger partial charge in [-0.2, -0.15) is 0 Å². The lowest BCUT2D eigenvalue weighted by molar-refractivity contribution is 0.502. The fraction of sp³-hybridized carbons (Fsp3) is 0.500. The predicted molar refractivity (Wildman–Crippen MR) is 60.1 cm³/mol. The average molecular weight is 244 g/mol. The third-order valence-corrected chi connectivity index (χ3v) is 3.30. The maximum absolute atomic E-state index is 13.4. The summed E-state index contributed by atoms with van der Waals surface area (Å²) in [5.74, 6) is -2.48. The standard InChI is InChI=1S/C12H15F3N2/c13-8-4-9(14)12(10(15)5-8)17-11-3-1-2-7(11)6-16/h4-5,7,11,17H,1-3,6,16H2. The highest BCUT2D eigenvalue weighted by Gasteiger charge is 2.27. The predicted octanol–water partition coefficient (Wildman–Crippen LogP) is 2.64. The number of rotatable bonds is 3. The molecular formula is C12H15F3N2. The molecular weight excluding hydrogens is 229 g/mol. The molecule has 1 saturated carbocycles. The Morgan fingerprint density at radius 3 is 2.41 bits per heavy atom. The fourth-order valence-corrected chi connectivity index (χ4v) is 2.37. The highest BCUT2D eigenvalue weighted by Crippen LogP contribution is 2.30. The smallest absolute Gasteiger partial charge is 0.152 e. The minimum absolute atomic E-state index is 0.0329. The second-order valence-corrected chi connectivity index (χ2v) is 4.42. The number of hydrogen-bond donors (Lipinski definition) is 2. The third-order valence-electron chi connectivity index (χ3n) is 3.30. The Morgan fingerprint density at radius 1 is 1.18 bits per heavy atom. The van der Waals surface area contributed by atoms with Crippen LogP contribution in [0.1, 0.15) is 19.3 Å². The maximum atomic E-state index is 13.4. The number of hydrogen-bond acceptors (Lipinski definition) is 2. The number of halogens is 3. The normalized spacial score (nSPS) is 24.0. The van der Waals surface area contributed by atoms with Crippen LogP contribution in [0.25, 0.3) is 0 Å². The Bertz CT molecular complexity index is 386. The van der Waals surface area contributed by atoms with E-state index < -0.39 is 17.5 Å². The molecule has 1 fully saturated rings. The van der Waals surface area contributed by atoms with Crippen molar-refractivity contribution < 1.29 is 13.2 Å². The summed E-state index contributed by atoms with van der Waals surface area (Å²) < 4.78 is 39.6. The van der Waals surface area contributed by atoms with E-state index in [-0.39, 0.29) is 17.6 Å². The summed E-state index contributed by atoms with van der Waals surface area (Å²) in [5.41, 5.74) is 5.34. The zero-order valence-electron chi connectivity index (χ0n) is 9.35. The van der Waals surface area contributed by atoms with Gasteiger partial charge in [0, 0.05) is 18.2 Å². The van der Waals surface area contributed by atoms with Crippen molar-refractivity contribution in [1.82, 2.24) is 0 Å². The van der Waals surface area contributed by atoms with Crippen LogP contribution in [0.2, 0.25) is 0 Å². The Balaban J connectivity index is 2.18. The monoisotopic (exact) mass is 244 g/mol. The van der Waals surface area contributed by atoms with E-state index in [1.165, 1.54) is 0 Å². The summed E-state index contributed by atoms with van der Waals surface area (Å²) in [5, 5.41) is 2.81. The molecule has 94 valence electrons. The van der Waals surface area contributed by atoms with Crippen LogP contribution < -0.4 is 11.1 Å². The van der Waals surface area contributed by atoms with Gasteiger partial charge in [-0.05, 0) is 25.3 Å². The Hall–Kier alpha value is -1.23. The molecule has 2 nitrogen and oxygen atoms in total. The molecule has 1 aromatic carbocycles. The van der Waals surface area contributed by atoms with Gasteiger partial charge in [-0.3, -0.25) is 0 Å². The average Bonchev–Trinajstić information content (AvgIpc) is 2.70. The quantitative estimate of drug-likeness (QED) is 0.857. The summed E-state index contributed by atoms with van der Waals surface area (Å²) in [6.45, 7) is 0.488. The number of nitrogens with one attached hydrogen (secondary N) is 1. The van der Waals surface area contributed by atoms with Crippen LogP contribution in [-0.2, 0) is 0 Å². The van der Waals surface area contributed by atoms with Gasteiger partial charge in [-0.15, -0.1) is 0 Å². The number of benzene rings is 1. The first kappa shape index (κ1) is 12.2. The molecule has 0 bridgehead atoms. The molecule has 0 saturated heterocycles. The lowest BCUT2D eigenvalue weighted by Crippen LogP contribution is -2.30. The SMILES string of the molecule is NCC1CCCC1Nc1c(F)cc(F)cc1F. The molecule has 1 aliphatic carbocycles. The molecule has 5 heteroatoms. The van der Waals surface area contributed by atoms with E-state index in [0.29, 0.717) is 18.7 Å². The van der Waals surface area contributed by atoms with Crippen LogP contribution in [0.4, 0.5) is 18.9 Å². The molecule has 1 aliphatic rings. The van der Waals surface area contributed by atoms with Crippen molar-refractivity contribution in [3.05, 3.63) is 29.6 Å². The van der Waals surface area contributed by atoms with Crippen LogP contribution in [0, 0.1) is 23.4 Å². The molecule has 2 atom stereocenters. The lowest BCUT2D eigenvalue weighted by atomic mass is 10.0. The maximum Gasteiger partial charge on any atom is 0.152 e.